The minimum absolute atomic E-state index is 0.0463. The van der Waals surface area contributed by atoms with Gasteiger partial charge in [0.25, 0.3) is 0 Å². The summed E-state index contributed by atoms with van der Waals surface area (Å²) in [5, 5.41) is 10.2. The third-order valence-electron chi connectivity index (χ3n) is 10.4. The molecule has 9 atom stereocenters. The van der Waals surface area contributed by atoms with Gasteiger partial charge in [-0.25, -0.2) is 0 Å². The van der Waals surface area contributed by atoms with Crippen molar-refractivity contribution in [3.63, 3.8) is 0 Å². The summed E-state index contributed by atoms with van der Waals surface area (Å²) in [7, 11) is 1.50. The molecule has 0 bridgehead atoms. The number of esters is 1. The number of rotatable bonds is 4. The maximum absolute atomic E-state index is 11.6. The maximum atomic E-state index is 11.6. The van der Waals surface area contributed by atoms with Crippen molar-refractivity contribution in [2.24, 2.45) is 46.3 Å². The van der Waals surface area contributed by atoms with Crippen molar-refractivity contribution in [1.29, 1.82) is 0 Å². The Hall–Kier alpha value is -0.570. The van der Waals surface area contributed by atoms with Gasteiger partial charge in [0.15, 0.2) is 0 Å². The molecule has 160 valence electrons. The lowest BCUT2D eigenvalue weighted by Crippen LogP contribution is -2.54. The second kappa shape index (κ2) is 7.60. The van der Waals surface area contributed by atoms with E-state index in [1.54, 1.807) is 0 Å². The average Bonchev–Trinajstić information content (AvgIpc) is 3.03. The van der Waals surface area contributed by atoms with Crippen LogP contribution in [-0.4, -0.2) is 24.3 Å². The zero-order valence-electron chi connectivity index (χ0n) is 18.6. The van der Waals surface area contributed by atoms with Crippen LogP contribution >= 0.6 is 0 Å². The molecular formula is C25H42O3. The third kappa shape index (κ3) is 3.24. The summed E-state index contributed by atoms with van der Waals surface area (Å²) in [5.74, 6) is 4.72. The molecule has 3 nitrogen and oxygen atoms in total. The van der Waals surface area contributed by atoms with Crippen molar-refractivity contribution in [1.82, 2.24) is 0 Å². The van der Waals surface area contributed by atoms with Gasteiger partial charge in [0.1, 0.15) is 0 Å². The molecule has 28 heavy (non-hydrogen) atoms. The summed E-state index contributed by atoms with van der Waals surface area (Å²) >= 11 is 0. The molecule has 0 amide bonds. The summed E-state index contributed by atoms with van der Waals surface area (Å²) in [6, 6.07) is 0. The lowest BCUT2D eigenvalue weighted by Gasteiger charge is -2.61. The van der Waals surface area contributed by atoms with Crippen molar-refractivity contribution in [2.75, 3.05) is 7.11 Å². The number of carbonyl (C=O) groups is 1. The highest BCUT2D eigenvalue weighted by Crippen LogP contribution is 2.68. The van der Waals surface area contributed by atoms with E-state index in [1.807, 2.05) is 0 Å². The van der Waals surface area contributed by atoms with Crippen LogP contribution in [0.15, 0.2) is 0 Å². The van der Waals surface area contributed by atoms with Crippen LogP contribution in [0.25, 0.3) is 0 Å². The Balaban J connectivity index is 1.48. The molecule has 4 aliphatic carbocycles. The molecule has 0 spiro atoms. The van der Waals surface area contributed by atoms with Crippen molar-refractivity contribution >= 4 is 5.97 Å². The van der Waals surface area contributed by atoms with Gasteiger partial charge in [-0.1, -0.05) is 20.8 Å². The van der Waals surface area contributed by atoms with E-state index in [4.69, 9.17) is 4.74 Å². The number of methoxy groups -OCH3 is 1. The Kier molecular flexibility index (Phi) is 5.61. The fourth-order valence-corrected chi connectivity index (χ4v) is 8.86. The number of hydrogen-bond donors (Lipinski definition) is 1. The van der Waals surface area contributed by atoms with Gasteiger partial charge < -0.3 is 9.84 Å². The van der Waals surface area contributed by atoms with Gasteiger partial charge in [-0.05, 0) is 111 Å². The van der Waals surface area contributed by atoms with Crippen molar-refractivity contribution in [2.45, 2.75) is 97.5 Å². The number of ether oxygens (including phenoxy) is 1. The quantitative estimate of drug-likeness (QED) is 0.636. The Morgan fingerprint density at radius 3 is 2.50 bits per heavy atom. The SMILES string of the molecule is COC(=O)CC[C@@H](C)C1CCC2C3CC[C@@H]4C[C@H](O)CC[C@]4(C)C3CC[C@@]21C. The number of hydrogen-bond acceptors (Lipinski definition) is 3. The predicted molar refractivity (Wildman–Crippen MR) is 112 cm³/mol. The first-order valence-electron chi connectivity index (χ1n) is 12.0. The van der Waals surface area contributed by atoms with Gasteiger partial charge in [0, 0.05) is 6.42 Å². The van der Waals surface area contributed by atoms with E-state index < -0.39 is 0 Å². The zero-order valence-corrected chi connectivity index (χ0v) is 18.6. The summed E-state index contributed by atoms with van der Waals surface area (Å²) in [4.78, 5) is 11.6. The molecule has 0 aromatic heterocycles. The highest BCUT2D eigenvalue weighted by molar-refractivity contribution is 5.69. The zero-order chi connectivity index (χ0) is 20.1. The van der Waals surface area contributed by atoms with Crippen LogP contribution in [0.2, 0.25) is 0 Å². The third-order valence-corrected chi connectivity index (χ3v) is 10.4. The molecular weight excluding hydrogens is 348 g/mol. The molecule has 0 radical (unpaired) electrons. The van der Waals surface area contributed by atoms with Crippen LogP contribution in [0.4, 0.5) is 0 Å². The lowest BCUT2D eigenvalue weighted by atomic mass is 9.44. The number of fused-ring (bicyclic) bond motifs is 5. The predicted octanol–water partition coefficient (Wildman–Crippen LogP) is 5.60. The van der Waals surface area contributed by atoms with Gasteiger partial charge in [0.2, 0.25) is 0 Å². The fraction of sp³-hybridized carbons (Fsp3) is 0.960. The van der Waals surface area contributed by atoms with E-state index in [0.29, 0.717) is 23.2 Å². The second-order valence-corrected chi connectivity index (χ2v) is 11.4. The topological polar surface area (TPSA) is 46.5 Å². The first kappa shape index (κ1) is 20.7. The van der Waals surface area contributed by atoms with E-state index >= 15 is 0 Å². The minimum Gasteiger partial charge on any atom is -0.469 e. The van der Waals surface area contributed by atoms with Gasteiger partial charge >= 0.3 is 5.97 Å². The molecule has 0 aliphatic heterocycles. The molecule has 4 rings (SSSR count). The van der Waals surface area contributed by atoms with E-state index in [-0.39, 0.29) is 12.1 Å². The monoisotopic (exact) mass is 390 g/mol. The number of aliphatic hydroxyl groups is 1. The van der Waals surface area contributed by atoms with Gasteiger partial charge in [-0.2, -0.15) is 0 Å². The summed E-state index contributed by atoms with van der Waals surface area (Å²) in [6.07, 6.45) is 13.1. The molecule has 3 heteroatoms. The van der Waals surface area contributed by atoms with Crippen molar-refractivity contribution in [3.8, 4) is 0 Å². The van der Waals surface area contributed by atoms with E-state index in [9.17, 15) is 9.90 Å². The normalized spacial score (nSPS) is 48.9. The maximum Gasteiger partial charge on any atom is 0.305 e. The Labute approximate surface area is 172 Å². The van der Waals surface area contributed by atoms with Gasteiger partial charge in [0.05, 0.1) is 13.2 Å². The van der Waals surface area contributed by atoms with Crippen molar-refractivity contribution in [3.05, 3.63) is 0 Å². The molecule has 0 aromatic carbocycles. The van der Waals surface area contributed by atoms with E-state index in [0.717, 1.165) is 48.9 Å². The van der Waals surface area contributed by atoms with Crippen LogP contribution in [0.5, 0.6) is 0 Å². The Morgan fingerprint density at radius 1 is 1.04 bits per heavy atom. The second-order valence-electron chi connectivity index (χ2n) is 11.4. The molecule has 0 saturated heterocycles. The van der Waals surface area contributed by atoms with Crippen LogP contribution in [0, 0.1) is 46.3 Å². The lowest BCUT2D eigenvalue weighted by molar-refractivity contribution is -0.141. The first-order valence-corrected chi connectivity index (χ1v) is 12.0. The standard InChI is InChI=1S/C25H42O3/c1-16(5-10-23(27)28-4)20-8-9-21-19-7-6-17-15-18(26)11-13-24(17,2)22(19)12-14-25(20,21)3/h16-22,26H,5-15H2,1-4H3/t16-,17-,18-,19?,20?,21?,22?,24+,25-/m1/s1. The molecule has 1 N–H and O–H groups in total. The molecule has 0 aromatic rings. The number of carbonyl (C=O) groups excluding carboxylic acids is 1. The highest BCUT2D eigenvalue weighted by atomic mass is 16.5. The first-order chi connectivity index (χ1) is 13.3. The van der Waals surface area contributed by atoms with E-state index in [1.165, 1.54) is 52.1 Å². The van der Waals surface area contributed by atoms with Crippen LogP contribution in [-0.2, 0) is 9.53 Å². The average molecular weight is 391 g/mol. The van der Waals surface area contributed by atoms with Crippen LogP contribution in [0.1, 0.15) is 91.4 Å². The molecule has 4 aliphatic rings. The molecule has 0 heterocycles. The summed E-state index contributed by atoms with van der Waals surface area (Å²) in [6.45, 7) is 7.56. The van der Waals surface area contributed by atoms with Crippen LogP contribution < -0.4 is 0 Å². The van der Waals surface area contributed by atoms with E-state index in [2.05, 4.69) is 20.8 Å². The Morgan fingerprint density at radius 2 is 1.75 bits per heavy atom. The highest BCUT2D eigenvalue weighted by Gasteiger charge is 2.60. The molecule has 4 fully saturated rings. The van der Waals surface area contributed by atoms with Gasteiger partial charge in [-0.15, -0.1) is 0 Å². The van der Waals surface area contributed by atoms with Crippen LogP contribution in [0.3, 0.4) is 0 Å². The fourth-order valence-electron chi connectivity index (χ4n) is 8.86. The molecule has 4 unspecified atom stereocenters. The minimum atomic E-state index is -0.0546. The summed E-state index contributed by atoms with van der Waals surface area (Å²) < 4.78 is 4.88. The largest absolute Gasteiger partial charge is 0.469 e. The smallest absolute Gasteiger partial charge is 0.305 e. The molecule has 4 saturated carbocycles. The Bertz CT molecular complexity index is 588. The number of aliphatic hydroxyl groups excluding tert-OH is 1. The summed E-state index contributed by atoms with van der Waals surface area (Å²) in [5.41, 5.74) is 0.937. The van der Waals surface area contributed by atoms with Gasteiger partial charge in [-0.3, -0.25) is 4.79 Å². The van der Waals surface area contributed by atoms with Crippen molar-refractivity contribution < 1.29 is 14.6 Å².